The van der Waals surface area contributed by atoms with E-state index in [1.54, 1.807) is 11.3 Å². The largest absolute Gasteiger partial charge is 0.337 e. The third kappa shape index (κ3) is 3.73. The van der Waals surface area contributed by atoms with Crippen LogP contribution in [-0.2, 0) is 6.54 Å². The van der Waals surface area contributed by atoms with E-state index in [9.17, 15) is 4.79 Å². The molecule has 0 spiro atoms. The molecule has 0 bridgehead atoms. The highest BCUT2D eigenvalue weighted by molar-refractivity contribution is 7.09. The first-order valence-electron chi connectivity index (χ1n) is 7.90. The number of rotatable bonds is 5. The fourth-order valence-electron chi connectivity index (χ4n) is 2.45. The summed E-state index contributed by atoms with van der Waals surface area (Å²) in [5, 5.41) is 8.81. The summed E-state index contributed by atoms with van der Waals surface area (Å²) in [6, 6.07) is 5.77. The summed E-state index contributed by atoms with van der Waals surface area (Å²) in [6.07, 6.45) is 1.95. The number of carbonyl (C=O) groups excluding carboxylic acids is 1. The third-order valence-electron chi connectivity index (χ3n) is 3.80. The molecule has 3 heterocycles. The van der Waals surface area contributed by atoms with Crippen LogP contribution in [0.4, 0.5) is 4.79 Å². The summed E-state index contributed by atoms with van der Waals surface area (Å²) in [4.78, 5) is 20.9. The Labute approximate surface area is 145 Å². The lowest BCUT2D eigenvalue weighted by Gasteiger charge is -2.10. The van der Waals surface area contributed by atoms with Crippen molar-refractivity contribution in [3.8, 4) is 0 Å². The van der Waals surface area contributed by atoms with Crippen LogP contribution < -0.4 is 10.6 Å². The number of carbonyl (C=O) groups is 1. The first-order valence-corrected chi connectivity index (χ1v) is 8.78. The minimum atomic E-state index is -0.191. The molecule has 0 aliphatic carbocycles. The molecule has 0 aromatic carbocycles. The van der Waals surface area contributed by atoms with Crippen LogP contribution in [0.2, 0.25) is 0 Å². The fourth-order valence-corrected chi connectivity index (χ4v) is 3.31. The highest BCUT2D eigenvalue weighted by atomic mass is 32.1. The molecule has 3 aromatic heterocycles. The smallest absolute Gasteiger partial charge is 0.315 e. The minimum absolute atomic E-state index is 0.191. The lowest BCUT2D eigenvalue weighted by atomic mass is 10.2. The summed E-state index contributed by atoms with van der Waals surface area (Å²) >= 11 is 1.63. The van der Waals surface area contributed by atoms with E-state index >= 15 is 0 Å². The van der Waals surface area contributed by atoms with E-state index in [1.807, 2.05) is 48.0 Å². The number of amides is 2. The van der Waals surface area contributed by atoms with Gasteiger partial charge in [-0.05, 0) is 26.0 Å². The summed E-state index contributed by atoms with van der Waals surface area (Å²) < 4.78 is 2.02. The van der Waals surface area contributed by atoms with Gasteiger partial charge in [0.05, 0.1) is 17.2 Å². The second-order valence-corrected chi connectivity index (χ2v) is 6.81. The number of aromatic nitrogens is 3. The van der Waals surface area contributed by atoms with E-state index in [2.05, 4.69) is 27.5 Å². The molecule has 24 heavy (non-hydrogen) atoms. The molecular formula is C17H21N5OS. The van der Waals surface area contributed by atoms with Gasteiger partial charge >= 0.3 is 6.03 Å². The zero-order valence-corrected chi connectivity index (χ0v) is 14.9. The standard InChI is InChI=1S/C17H21N5OS/c1-11(16-20-12(2)10-24-16)7-18-17(23)19-8-14-9-22-13(3)5-4-6-15(22)21-14/h4-6,9-11H,7-8H2,1-3H3,(H2,18,19,23)/t11-/m0/s1. The molecule has 0 saturated heterocycles. The number of nitrogens with one attached hydrogen (secondary N) is 2. The Morgan fingerprint density at radius 3 is 2.83 bits per heavy atom. The van der Waals surface area contributed by atoms with Gasteiger partial charge < -0.3 is 15.0 Å². The zero-order chi connectivity index (χ0) is 17.1. The molecular weight excluding hydrogens is 322 g/mol. The van der Waals surface area contributed by atoms with E-state index in [1.165, 1.54) is 0 Å². The molecule has 0 aliphatic rings. The van der Waals surface area contributed by atoms with Crippen LogP contribution in [0.1, 0.15) is 34.9 Å². The summed E-state index contributed by atoms with van der Waals surface area (Å²) in [6.45, 7) is 7.02. The van der Waals surface area contributed by atoms with Gasteiger partial charge in [-0.25, -0.2) is 14.8 Å². The number of fused-ring (bicyclic) bond motifs is 1. The number of imidazole rings is 1. The Balaban J connectivity index is 1.50. The van der Waals surface area contributed by atoms with Crippen molar-refractivity contribution in [3.63, 3.8) is 0 Å². The molecule has 0 saturated carbocycles. The molecule has 3 rings (SSSR count). The van der Waals surface area contributed by atoms with Crippen LogP contribution in [0.3, 0.4) is 0 Å². The minimum Gasteiger partial charge on any atom is -0.337 e. The van der Waals surface area contributed by atoms with Crippen molar-refractivity contribution in [2.24, 2.45) is 0 Å². The van der Waals surface area contributed by atoms with E-state index in [4.69, 9.17) is 0 Å². The van der Waals surface area contributed by atoms with Crippen LogP contribution in [0.25, 0.3) is 5.65 Å². The molecule has 126 valence electrons. The molecule has 6 nitrogen and oxygen atoms in total. The Morgan fingerprint density at radius 2 is 2.12 bits per heavy atom. The van der Waals surface area contributed by atoms with Gasteiger partial charge in [-0.15, -0.1) is 11.3 Å². The number of urea groups is 1. The zero-order valence-electron chi connectivity index (χ0n) is 14.0. The van der Waals surface area contributed by atoms with Crippen LogP contribution in [-0.4, -0.2) is 26.9 Å². The topological polar surface area (TPSA) is 71.3 Å². The molecule has 7 heteroatoms. The normalized spacial score (nSPS) is 12.3. The van der Waals surface area contributed by atoms with Gasteiger partial charge in [0.2, 0.25) is 0 Å². The van der Waals surface area contributed by atoms with Crippen molar-refractivity contribution in [1.82, 2.24) is 25.0 Å². The Bertz CT molecular complexity index is 854. The number of thiazole rings is 1. The Morgan fingerprint density at radius 1 is 1.29 bits per heavy atom. The van der Waals surface area contributed by atoms with Crippen LogP contribution in [0.15, 0.2) is 29.8 Å². The molecule has 0 radical (unpaired) electrons. The molecule has 1 atom stereocenters. The van der Waals surface area contributed by atoms with E-state index in [0.717, 1.165) is 27.7 Å². The number of hydrogen-bond donors (Lipinski definition) is 2. The molecule has 0 fully saturated rings. The summed E-state index contributed by atoms with van der Waals surface area (Å²) in [5.41, 5.74) is 3.86. The van der Waals surface area contributed by atoms with Gasteiger partial charge in [-0.2, -0.15) is 0 Å². The number of hydrogen-bond acceptors (Lipinski definition) is 4. The average molecular weight is 343 g/mol. The third-order valence-corrected chi connectivity index (χ3v) is 5.00. The number of nitrogens with zero attached hydrogens (tertiary/aromatic N) is 3. The second-order valence-electron chi connectivity index (χ2n) is 5.92. The lowest BCUT2D eigenvalue weighted by Crippen LogP contribution is -2.37. The van der Waals surface area contributed by atoms with Gasteiger partial charge in [-0.3, -0.25) is 0 Å². The first kappa shape index (κ1) is 16.4. The van der Waals surface area contributed by atoms with Gasteiger partial charge in [0, 0.05) is 35.4 Å². The van der Waals surface area contributed by atoms with E-state index < -0.39 is 0 Å². The summed E-state index contributed by atoms with van der Waals surface area (Å²) in [5.74, 6) is 0.201. The quantitative estimate of drug-likeness (QED) is 0.748. The average Bonchev–Trinajstić information content (AvgIpc) is 3.17. The maximum Gasteiger partial charge on any atom is 0.315 e. The van der Waals surface area contributed by atoms with Gasteiger partial charge in [-0.1, -0.05) is 13.0 Å². The molecule has 0 aliphatic heterocycles. The monoisotopic (exact) mass is 343 g/mol. The Kier molecular flexibility index (Phi) is 4.80. The van der Waals surface area contributed by atoms with Crippen molar-refractivity contribution in [3.05, 3.63) is 51.9 Å². The van der Waals surface area contributed by atoms with Crippen LogP contribution in [0, 0.1) is 13.8 Å². The van der Waals surface area contributed by atoms with Crippen LogP contribution in [0.5, 0.6) is 0 Å². The predicted molar refractivity (Wildman–Crippen MR) is 95.4 cm³/mol. The van der Waals surface area contributed by atoms with E-state index in [0.29, 0.717) is 13.1 Å². The fraction of sp³-hybridized carbons (Fsp3) is 0.353. The molecule has 2 amide bonds. The molecule has 3 aromatic rings. The second kappa shape index (κ2) is 7.00. The van der Waals surface area contributed by atoms with Gasteiger partial charge in [0.25, 0.3) is 0 Å². The van der Waals surface area contributed by atoms with Crippen molar-refractivity contribution in [1.29, 1.82) is 0 Å². The first-order chi connectivity index (χ1) is 11.5. The van der Waals surface area contributed by atoms with Gasteiger partial charge in [0.15, 0.2) is 0 Å². The lowest BCUT2D eigenvalue weighted by molar-refractivity contribution is 0.240. The van der Waals surface area contributed by atoms with Crippen molar-refractivity contribution in [2.45, 2.75) is 33.2 Å². The maximum absolute atomic E-state index is 12.0. The highest BCUT2D eigenvalue weighted by Crippen LogP contribution is 2.18. The van der Waals surface area contributed by atoms with Crippen molar-refractivity contribution >= 4 is 23.0 Å². The van der Waals surface area contributed by atoms with E-state index in [-0.39, 0.29) is 11.9 Å². The highest BCUT2D eigenvalue weighted by Gasteiger charge is 2.11. The molecule has 2 N–H and O–H groups in total. The predicted octanol–water partition coefficient (Wildman–Crippen LogP) is 3.01. The molecule has 0 unspecified atom stereocenters. The van der Waals surface area contributed by atoms with Crippen molar-refractivity contribution in [2.75, 3.05) is 6.54 Å². The maximum atomic E-state index is 12.0. The number of aryl methyl sites for hydroxylation is 2. The van der Waals surface area contributed by atoms with Crippen LogP contribution >= 0.6 is 11.3 Å². The Hall–Kier alpha value is -2.41. The number of pyridine rings is 1. The SMILES string of the molecule is Cc1csc([C@@H](C)CNC(=O)NCc2cn3c(C)cccc3n2)n1. The summed E-state index contributed by atoms with van der Waals surface area (Å²) in [7, 11) is 0. The van der Waals surface area contributed by atoms with Gasteiger partial charge in [0.1, 0.15) is 5.65 Å². The van der Waals surface area contributed by atoms with Crippen molar-refractivity contribution < 1.29 is 4.79 Å².